The second-order valence-electron chi connectivity index (χ2n) is 10.3. The van der Waals surface area contributed by atoms with Crippen molar-refractivity contribution in [2.45, 2.75) is 71.3 Å². The fourth-order valence-corrected chi connectivity index (χ4v) is 5.43. The highest BCUT2D eigenvalue weighted by atomic mass is 16.5. The Labute approximate surface area is 231 Å². The number of rotatable bonds is 10. The zero-order chi connectivity index (χ0) is 28.1. The summed E-state index contributed by atoms with van der Waals surface area (Å²) in [6.07, 6.45) is 2.57. The minimum absolute atomic E-state index is 0.000701. The van der Waals surface area contributed by atoms with Gasteiger partial charge in [0.05, 0.1) is 38.4 Å². The third kappa shape index (κ3) is 5.97. The highest BCUT2D eigenvalue weighted by Gasteiger charge is 2.42. The number of Topliss-reactive ketones (excluding diaryl/α,β-unsaturated/α-hetero) is 1. The fourth-order valence-electron chi connectivity index (χ4n) is 5.43. The van der Waals surface area contributed by atoms with Gasteiger partial charge in [-0.15, -0.1) is 0 Å². The van der Waals surface area contributed by atoms with E-state index < -0.39 is 11.9 Å². The third-order valence-corrected chi connectivity index (χ3v) is 7.25. The number of hydrogen-bond donors (Lipinski definition) is 1. The smallest absolute Gasteiger partial charge is 0.336 e. The van der Waals surface area contributed by atoms with Crippen molar-refractivity contribution >= 4 is 11.8 Å². The number of unbranched alkanes of at least 4 members (excludes halogenated alkanes) is 1. The van der Waals surface area contributed by atoms with Gasteiger partial charge < -0.3 is 24.3 Å². The number of ether oxygens (including phenoxy) is 4. The van der Waals surface area contributed by atoms with Crippen LogP contribution < -0.4 is 19.5 Å². The number of hydrogen-bond acceptors (Lipinski definition) is 7. The standard InChI is InChI=1S/C32H39NO6/c1-7-8-15-38-32(35)29-20(4)33-24-16-22(21-13-14-27(36-5)28(18-21)37-6)17-25(34)31(24)30(29)23-11-9-10-12-26(23)39-19(2)3/h9-14,18-19,22,30,33H,7-8,15-17H2,1-6H3. The SMILES string of the molecule is CCCCOC(=O)C1=C(C)NC2=C(C(=O)CC(c3ccc(OC)c(OC)c3)C2)C1c1ccccc1OC(C)C. The number of nitrogens with one attached hydrogen (secondary N) is 1. The summed E-state index contributed by atoms with van der Waals surface area (Å²) in [5.41, 5.74) is 4.39. The van der Waals surface area contributed by atoms with Crippen LogP contribution in [0.15, 0.2) is 65.0 Å². The van der Waals surface area contributed by atoms with E-state index in [2.05, 4.69) is 12.2 Å². The molecule has 39 heavy (non-hydrogen) atoms. The summed E-state index contributed by atoms with van der Waals surface area (Å²) < 4.78 is 22.7. The van der Waals surface area contributed by atoms with Gasteiger partial charge in [-0.2, -0.15) is 0 Å². The second-order valence-corrected chi connectivity index (χ2v) is 10.3. The molecule has 1 aliphatic carbocycles. The van der Waals surface area contributed by atoms with E-state index in [0.29, 0.717) is 53.5 Å². The lowest BCUT2D eigenvalue weighted by Crippen LogP contribution is -2.36. The largest absolute Gasteiger partial charge is 0.493 e. The second kappa shape index (κ2) is 12.4. The van der Waals surface area contributed by atoms with Crippen LogP contribution >= 0.6 is 0 Å². The topological polar surface area (TPSA) is 83.1 Å². The first kappa shape index (κ1) is 28.3. The Morgan fingerprint density at radius 1 is 1.03 bits per heavy atom. The number of methoxy groups -OCH3 is 2. The van der Waals surface area contributed by atoms with Gasteiger partial charge in [0, 0.05) is 29.0 Å². The molecule has 0 saturated carbocycles. The Hall–Kier alpha value is -3.74. The van der Waals surface area contributed by atoms with E-state index in [1.807, 2.05) is 63.2 Å². The van der Waals surface area contributed by atoms with E-state index in [-0.39, 0.29) is 17.8 Å². The van der Waals surface area contributed by atoms with E-state index in [1.54, 1.807) is 14.2 Å². The van der Waals surface area contributed by atoms with Crippen molar-refractivity contribution in [3.63, 3.8) is 0 Å². The van der Waals surface area contributed by atoms with Gasteiger partial charge in [-0.1, -0.05) is 37.6 Å². The molecule has 2 aromatic carbocycles. The van der Waals surface area contributed by atoms with Crippen LogP contribution in [-0.4, -0.2) is 38.7 Å². The first-order valence-electron chi connectivity index (χ1n) is 13.7. The van der Waals surface area contributed by atoms with Crippen LogP contribution in [-0.2, 0) is 14.3 Å². The van der Waals surface area contributed by atoms with E-state index in [4.69, 9.17) is 18.9 Å². The maximum Gasteiger partial charge on any atom is 0.336 e. The molecular weight excluding hydrogens is 494 g/mol. The maximum absolute atomic E-state index is 14.0. The van der Waals surface area contributed by atoms with Gasteiger partial charge in [0.15, 0.2) is 17.3 Å². The molecule has 1 N–H and O–H groups in total. The van der Waals surface area contributed by atoms with Gasteiger partial charge >= 0.3 is 5.97 Å². The summed E-state index contributed by atoms with van der Waals surface area (Å²) in [6.45, 7) is 8.19. The Morgan fingerprint density at radius 2 is 1.77 bits per heavy atom. The summed E-state index contributed by atoms with van der Waals surface area (Å²) in [5.74, 6) is 0.906. The summed E-state index contributed by atoms with van der Waals surface area (Å²) in [7, 11) is 3.21. The van der Waals surface area contributed by atoms with Crippen molar-refractivity contribution in [1.29, 1.82) is 0 Å². The average molecular weight is 534 g/mol. The van der Waals surface area contributed by atoms with Crippen molar-refractivity contribution in [3.05, 3.63) is 76.1 Å². The molecule has 0 spiro atoms. The molecule has 4 rings (SSSR count). The minimum atomic E-state index is -0.579. The lowest BCUT2D eigenvalue weighted by molar-refractivity contribution is -0.139. The zero-order valence-electron chi connectivity index (χ0n) is 23.8. The Balaban J connectivity index is 1.79. The molecule has 2 aliphatic rings. The van der Waals surface area contributed by atoms with Gasteiger partial charge in [0.25, 0.3) is 0 Å². The molecule has 7 nitrogen and oxygen atoms in total. The maximum atomic E-state index is 14.0. The number of esters is 1. The van der Waals surface area contributed by atoms with Crippen molar-refractivity contribution in [2.24, 2.45) is 0 Å². The Bertz CT molecular complexity index is 1290. The van der Waals surface area contributed by atoms with Gasteiger partial charge in [0.1, 0.15) is 5.75 Å². The molecule has 0 aromatic heterocycles. The molecule has 0 bridgehead atoms. The van der Waals surface area contributed by atoms with Crippen LogP contribution in [0, 0.1) is 0 Å². The minimum Gasteiger partial charge on any atom is -0.493 e. The van der Waals surface area contributed by atoms with Crippen LogP contribution in [0.1, 0.15) is 76.3 Å². The number of carbonyl (C=O) groups excluding carboxylic acids is 2. The number of carbonyl (C=O) groups is 2. The van der Waals surface area contributed by atoms with E-state index in [9.17, 15) is 9.59 Å². The fraction of sp³-hybridized carbons (Fsp3) is 0.438. The molecule has 0 saturated heterocycles. The van der Waals surface area contributed by atoms with Crippen LogP contribution in [0.3, 0.4) is 0 Å². The number of dihydropyridines is 1. The zero-order valence-corrected chi connectivity index (χ0v) is 23.8. The molecule has 7 heteroatoms. The lowest BCUT2D eigenvalue weighted by Gasteiger charge is -2.37. The van der Waals surface area contributed by atoms with Crippen molar-refractivity contribution < 1.29 is 28.5 Å². The molecule has 1 heterocycles. The van der Waals surface area contributed by atoms with Crippen LogP contribution in [0.4, 0.5) is 0 Å². The normalized spacial score (nSPS) is 19.0. The molecule has 0 radical (unpaired) electrons. The predicted molar refractivity (Wildman–Crippen MR) is 150 cm³/mol. The molecule has 208 valence electrons. The number of allylic oxidation sites excluding steroid dienone is 3. The Morgan fingerprint density at radius 3 is 2.46 bits per heavy atom. The first-order chi connectivity index (χ1) is 18.8. The van der Waals surface area contributed by atoms with Gasteiger partial charge in [-0.05, 0) is 63.3 Å². The van der Waals surface area contributed by atoms with Gasteiger partial charge in [-0.3, -0.25) is 4.79 Å². The molecular formula is C32H39NO6. The summed E-state index contributed by atoms with van der Waals surface area (Å²) in [4.78, 5) is 27.5. The van der Waals surface area contributed by atoms with Crippen LogP contribution in [0.2, 0.25) is 0 Å². The third-order valence-electron chi connectivity index (χ3n) is 7.25. The van der Waals surface area contributed by atoms with E-state index in [1.165, 1.54) is 0 Å². The van der Waals surface area contributed by atoms with Gasteiger partial charge in [-0.25, -0.2) is 4.79 Å². The first-order valence-corrected chi connectivity index (χ1v) is 13.7. The Kier molecular flexibility index (Phi) is 9.00. The quantitative estimate of drug-likeness (QED) is 0.288. The summed E-state index contributed by atoms with van der Waals surface area (Å²) in [5, 5.41) is 3.42. The number of benzene rings is 2. The molecule has 2 aromatic rings. The lowest BCUT2D eigenvalue weighted by atomic mass is 9.71. The van der Waals surface area contributed by atoms with E-state index >= 15 is 0 Å². The highest BCUT2D eigenvalue weighted by Crippen LogP contribution is 2.48. The highest BCUT2D eigenvalue weighted by molar-refractivity contribution is 6.04. The summed E-state index contributed by atoms with van der Waals surface area (Å²) in [6, 6.07) is 13.5. The van der Waals surface area contributed by atoms with Crippen molar-refractivity contribution in [2.75, 3.05) is 20.8 Å². The number of ketones is 1. The molecule has 2 atom stereocenters. The monoisotopic (exact) mass is 533 g/mol. The molecule has 2 unspecified atom stereocenters. The molecule has 0 amide bonds. The molecule has 1 aliphatic heterocycles. The van der Waals surface area contributed by atoms with Crippen LogP contribution in [0.5, 0.6) is 17.2 Å². The average Bonchev–Trinajstić information content (AvgIpc) is 2.91. The number of para-hydroxylation sites is 1. The van der Waals surface area contributed by atoms with Gasteiger partial charge in [0.2, 0.25) is 0 Å². The summed E-state index contributed by atoms with van der Waals surface area (Å²) >= 11 is 0. The van der Waals surface area contributed by atoms with Crippen LogP contribution in [0.25, 0.3) is 0 Å². The van der Waals surface area contributed by atoms with E-state index in [0.717, 1.165) is 29.7 Å². The molecule has 0 fully saturated rings. The predicted octanol–water partition coefficient (Wildman–Crippen LogP) is 6.20. The van der Waals surface area contributed by atoms with Crippen molar-refractivity contribution in [3.8, 4) is 17.2 Å². The van der Waals surface area contributed by atoms with Crippen molar-refractivity contribution in [1.82, 2.24) is 5.32 Å².